The molecule has 1 atom stereocenters. The molecule has 1 rings (SSSR count). The molecule has 8 heteroatoms. The Kier molecular flexibility index (Phi) is 4.23. The lowest BCUT2D eigenvalue weighted by molar-refractivity contribution is -0.0500. The molecule has 0 heterocycles. The highest BCUT2D eigenvalue weighted by atomic mass is 32.2. The zero-order valence-corrected chi connectivity index (χ0v) is 10.1. The fraction of sp³-hybridized carbons (Fsp3) is 0.400. The van der Waals surface area contributed by atoms with Crippen LogP contribution in [0.5, 0.6) is 5.75 Å². The molecule has 0 aliphatic carbocycles. The van der Waals surface area contributed by atoms with E-state index in [9.17, 15) is 21.6 Å². The van der Waals surface area contributed by atoms with Gasteiger partial charge >= 0.3 is 15.6 Å². The Morgan fingerprint density at radius 1 is 1.28 bits per heavy atom. The number of rotatable bonds is 4. The van der Waals surface area contributed by atoms with Gasteiger partial charge in [-0.15, -0.1) is 0 Å². The first-order chi connectivity index (χ1) is 8.17. The predicted octanol–water partition coefficient (Wildman–Crippen LogP) is 2.01. The molecule has 1 aromatic rings. The second-order valence-electron chi connectivity index (χ2n) is 3.64. The van der Waals surface area contributed by atoms with Crippen LogP contribution < -0.4 is 4.18 Å². The van der Waals surface area contributed by atoms with E-state index in [0.29, 0.717) is 5.56 Å². The summed E-state index contributed by atoms with van der Waals surface area (Å²) in [5.41, 5.74) is -4.79. The summed E-state index contributed by atoms with van der Waals surface area (Å²) in [5, 5.41) is 8.87. The molecule has 1 aromatic carbocycles. The van der Waals surface area contributed by atoms with Gasteiger partial charge in [-0.3, -0.25) is 0 Å². The summed E-state index contributed by atoms with van der Waals surface area (Å²) in [6.07, 6.45) is 0. The molecule has 102 valence electrons. The van der Waals surface area contributed by atoms with E-state index in [1.807, 2.05) is 0 Å². The Hall–Kier alpha value is -1.28. The van der Waals surface area contributed by atoms with Crippen LogP contribution in [-0.2, 0) is 10.1 Å². The molecule has 0 aliphatic heterocycles. The van der Waals surface area contributed by atoms with Crippen molar-refractivity contribution < 1.29 is 30.9 Å². The van der Waals surface area contributed by atoms with E-state index in [4.69, 9.17) is 5.11 Å². The largest absolute Gasteiger partial charge is 0.534 e. The molecule has 0 radical (unpaired) electrons. The summed E-state index contributed by atoms with van der Waals surface area (Å²) in [7, 11) is -5.64. The van der Waals surface area contributed by atoms with Crippen LogP contribution in [0, 0.1) is 0 Å². The van der Waals surface area contributed by atoms with Crippen LogP contribution in [-0.4, -0.2) is 25.6 Å². The maximum Gasteiger partial charge on any atom is 0.534 e. The number of benzene rings is 1. The molecule has 0 amide bonds. The van der Waals surface area contributed by atoms with Gasteiger partial charge in [0.15, 0.2) is 0 Å². The highest BCUT2D eigenvalue weighted by Crippen LogP contribution is 2.27. The van der Waals surface area contributed by atoms with Gasteiger partial charge in [-0.25, -0.2) is 0 Å². The molecule has 18 heavy (non-hydrogen) atoms. The van der Waals surface area contributed by atoms with E-state index in [2.05, 4.69) is 4.18 Å². The van der Waals surface area contributed by atoms with Gasteiger partial charge in [0.05, 0.1) is 0 Å². The number of halogens is 3. The molecule has 0 unspecified atom stereocenters. The van der Waals surface area contributed by atoms with E-state index in [-0.39, 0.29) is 12.5 Å². The Balaban J connectivity index is 2.89. The summed E-state index contributed by atoms with van der Waals surface area (Å²) in [6.45, 7) is 1.59. The number of aliphatic hydroxyl groups is 1. The average Bonchev–Trinajstić information content (AvgIpc) is 2.27. The Morgan fingerprint density at radius 3 is 2.17 bits per heavy atom. The lowest BCUT2D eigenvalue weighted by Gasteiger charge is -2.11. The van der Waals surface area contributed by atoms with Gasteiger partial charge in [0.25, 0.3) is 0 Å². The fourth-order valence-electron chi connectivity index (χ4n) is 1.13. The van der Waals surface area contributed by atoms with Gasteiger partial charge in [-0.2, -0.15) is 21.6 Å². The van der Waals surface area contributed by atoms with Crippen LogP contribution >= 0.6 is 0 Å². The predicted molar refractivity (Wildman–Crippen MR) is 57.5 cm³/mol. The Morgan fingerprint density at radius 2 is 1.78 bits per heavy atom. The first kappa shape index (κ1) is 14.8. The van der Waals surface area contributed by atoms with Crippen LogP contribution in [0.1, 0.15) is 18.4 Å². The van der Waals surface area contributed by atoms with Crippen molar-refractivity contribution in [3.63, 3.8) is 0 Å². The second kappa shape index (κ2) is 5.15. The van der Waals surface area contributed by atoms with Crippen molar-refractivity contribution in [2.75, 3.05) is 6.61 Å². The molecule has 0 saturated heterocycles. The molecule has 0 saturated carbocycles. The van der Waals surface area contributed by atoms with Gasteiger partial charge in [-0.1, -0.05) is 19.1 Å². The molecule has 0 spiro atoms. The first-order valence-electron chi connectivity index (χ1n) is 4.89. The number of hydrogen-bond acceptors (Lipinski definition) is 4. The lowest BCUT2D eigenvalue weighted by Crippen LogP contribution is -2.28. The van der Waals surface area contributed by atoms with Gasteiger partial charge in [0, 0.05) is 12.5 Å². The fourth-order valence-corrected chi connectivity index (χ4v) is 1.59. The molecule has 0 aromatic heterocycles. The SMILES string of the molecule is C[C@H](CO)c1ccc(OS(=O)(=O)C(F)(F)F)cc1. The quantitative estimate of drug-likeness (QED) is 0.678. The number of hydrogen-bond donors (Lipinski definition) is 1. The summed E-state index contributed by atoms with van der Waals surface area (Å²) >= 11 is 0. The van der Waals surface area contributed by atoms with Crippen molar-refractivity contribution in [3.8, 4) is 5.75 Å². The Bertz CT molecular complexity index is 493. The average molecular weight is 284 g/mol. The van der Waals surface area contributed by atoms with Crippen LogP contribution in [0.15, 0.2) is 24.3 Å². The maximum absolute atomic E-state index is 12.0. The third-order valence-electron chi connectivity index (χ3n) is 2.21. The summed E-state index contributed by atoms with van der Waals surface area (Å²) in [4.78, 5) is 0. The Labute approximate surface area is 102 Å². The summed E-state index contributed by atoms with van der Waals surface area (Å²) < 4.78 is 61.4. The molecular weight excluding hydrogens is 273 g/mol. The van der Waals surface area contributed by atoms with E-state index >= 15 is 0 Å². The third kappa shape index (κ3) is 3.36. The van der Waals surface area contributed by atoms with Crippen molar-refractivity contribution in [1.82, 2.24) is 0 Å². The van der Waals surface area contributed by atoms with E-state index in [1.165, 1.54) is 12.1 Å². The maximum atomic E-state index is 12.0. The minimum absolute atomic E-state index is 0.124. The standard InChI is InChI=1S/C10H11F3O4S/c1-7(6-14)8-2-4-9(5-3-8)17-18(15,16)10(11,12)13/h2-5,7,14H,6H2,1H3/t7-/m1/s1. The lowest BCUT2D eigenvalue weighted by atomic mass is 10.0. The van der Waals surface area contributed by atoms with Crippen molar-refractivity contribution >= 4 is 10.1 Å². The van der Waals surface area contributed by atoms with Crippen LogP contribution in [0.3, 0.4) is 0 Å². The number of aliphatic hydroxyl groups excluding tert-OH is 1. The van der Waals surface area contributed by atoms with Crippen LogP contribution in [0.25, 0.3) is 0 Å². The molecular formula is C10H11F3O4S. The van der Waals surface area contributed by atoms with Gasteiger partial charge in [0.1, 0.15) is 5.75 Å². The molecule has 0 fully saturated rings. The van der Waals surface area contributed by atoms with Crippen LogP contribution in [0.2, 0.25) is 0 Å². The third-order valence-corrected chi connectivity index (χ3v) is 3.19. The van der Waals surface area contributed by atoms with Crippen molar-refractivity contribution in [2.45, 2.75) is 18.3 Å². The van der Waals surface area contributed by atoms with Gasteiger partial charge in [-0.05, 0) is 17.7 Å². The van der Waals surface area contributed by atoms with Crippen LogP contribution in [0.4, 0.5) is 13.2 Å². The summed E-state index contributed by atoms with van der Waals surface area (Å²) in [6, 6.07) is 4.99. The van der Waals surface area contributed by atoms with Crippen molar-refractivity contribution in [1.29, 1.82) is 0 Å². The van der Waals surface area contributed by atoms with E-state index in [0.717, 1.165) is 12.1 Å². The minimum atomic E-state index is -5.64. The van der Waals surface area contributed by atoms with E-state index < -0.39 is 21.4 Å². The number of alkyl halides is 3. The first-order valence-corrected chi connectivity index (χ1v) is 6.30. The normalized spacial score (nSPS) is 14.3. The second-order valence-corrected chi connectivity index (χ2v) is 5.17. The molecule has 0 bridgehead atoms. The van der Waals surface area contributed by atoms with Crippen molar-refractivity contribution in [3.05, 3.63) is 29.8 Å². The van der Waals surface area contributed by atoms with Crippen molar-refractivity contribution in [2.24, 2.45) is 0 Å². The highest BCUT2D eigenvalue weighted by molar-refractivity contribution is 7.87. The zero-order chi connectivity index (χ0) is 14.0. The minimum Gasteiger partial charge on any atom is -0.396 e. The zero-order valence-electron chi connectivity index (χ0n) is 9.31. The van der Waals surface area contributed by atoms with Gasteiger partial charge in [0.2, 0.25) is 0 Å². The molecule has 4 nitrogen and oxygen atoms in total. The molecule has 0 aliphatic rings. The van der Waals surface area contributed by atoms with Gasteiger partial charge < -0.3 is 9.29 Å². The topological polar surface area (TPSA) is 63.6 Å². The monoisotopic (exact) mass is 284 g/mol. The highest BCUT2D eigenvalue weighted by Gasteiger charge is 2.48. The smallest absolute Gasteiger partial charge is 0.396 e. The molecule has 1 N–H and O–H groups in total. The van der Waals surface area contributed by atoms with E-state index in [1.54, 1.807) is 6.92 Å². The summed E-state index contributed by atoms with van der Waals surface area (Å²) in [5.74, 6) is -0.625.